The summed E-state index contributed by atoms with van der Waals surface area (Å²) in [5.41, 5.74) is 3.09. The van der Waals surface area contributed by atoms with E-state index < -0.39 is 0 Å². The van der Waals surface area contributed by atoms with Crippen LogP contribution in [-0.2, 0) is 11.3 Å². The first-order chi connectivity index (χ1) is 9.54. The minimum Gasteiger partial charge on any atom is -0.372 e. The van der Waals surface area contributed by atoms with Gasteiger partial charge in [0, 0.05) is 30.6 Å². The van der Waals surface area contributed by atoms with E-state index in [0.717, 1.165) is 25.3 Å². The zero-order chi connectivity index (χ0) is 14.5. The second-order valence-electron chi connectivity index (χ2n) is 6.08. The largest absolute Gasteiger partial charge is 0.372 e. The first kappa shape index (κ1) is 15.9. The summed E-state index contributed by atoms with van der Waals surface area (Å²) < 4.78 is 6.12. The number of nitrogens with zero attached hydrogens (tertiary/aromatic N) is 2. The normalized spacial score (nSPS) is 23.1. The Kier molecular flexibility index (Phi) is 5.96. The molecule has 0 bridgehead atoms. The van der Waals surface area contributed by atoms with Crippen molar-refractivity contribution in [3.63, 3.8) is 0 Å². The molecule has 4 nitrogen and oxygen atoms in total. The minimum absolute atomic E-state index is 0.382. The molecular formula is C15H27N3OS. The van der Waals surface area contributed by atoms with Crippen LogP contribution in [0.1, 0.15) is 37.3 Å². The fourth-order valence-corrected chi connectivity index (χ4v) is 3.42. The van der Waals surface area contributed by atoms with E-state index >= 15 is 0 Å². The van der Waals surface area contributed by atoms with Crippen LogP contribution in [0.2, 0.25) is 0 Å². The molecule has 0 aromatic carbocycles. The molecule has 0 radical (unpaired) electrons. The molecule has 1 aromatic rings. The van der Waals surface area contributed by atoms with E-state index in [1.807, 2.05) is 5.51 Å². The lowest BCUT2D eigenvalue weighted by molar-refractivity contribution is 0.0260. The van der Waals surface area contributed by atoms with Crippen molar-refractivity contribution in [1.82, 2.24) is 15.2 Å². The van der Waals surface area contributed by atoms with Gasteiger partial charge in [0.1, 0.15) is 0 Å². The van der Waals surface area contributed by atoms with Gasteiger partial charge in [-0.2, -0.15) is 0 Å². The van der Waals surface area contributed by atoms with E-state index in [-0.39, 0.29) is 0 Å². The average molecular weight is 297 g/mol. The Morgan fingerprint density at radius 1 is 1.45 bits per heavy atom. The van der Waals surface area contributed by atoms with E-state index in [2.05, 4.69) is 43.0 Å². The second-order valence-corrected chi connectivity index (χ2v) is 7.02. The summed E-state index contributed by atoms with van der Waals surface area (Å²) >= 11 is 1.74. The summed E-state index contributed by atoms with van der Waals surface area (Å²) in [6.45, 7) is 9.40. The number of nitrogens with one attached hydrogen (secondary N) is 1. The quantitative estimate of drug-likeness (QED) is 0.839. The van der Waals surface area contributed by atoms with E-state index in [1.165, 1.54) is 17.7 Å². The van der Waals surface area contributed by atoms with Crippen molar-refractivity contribution in [3.05, 3.63) is 16.1 Å². The summed E-state index contributed by atoms with van der Waals surface area (Å²) in [4.78, 5) is 8.02. The third kappa shape index (κ3) is 4.81. The summed E-state index contributed by atoms with van der Waals surface area (Å²) in [5.74, 6) is 0. The molecule has 1 N–H and O–H groups in total. The zero-order valence-corrected chi connectivity index (χ0v) is 13.9. The lowest BCUT2D eigenvalue weighted by Gasteiger charge is -2.21. The number of aryl methyl sites for hydroxylation is 1. The van der Waals surface area contributed by atoms with Crippen molar-refractivity contribution in [2.75, 3.05) is 20.1 Å². The molecule has 0 saturated carbocycles. The van der Waals surface area contributed by atoms with Crippen LogP contribution in [0.15, 0.2) is 5.51 Å². The van der Waals surface area contributed by atoms with Crippen LogP contribution in [0.5, 0.6) is 0 Å². The summed E-state index contributed by atoms with van der Waals surface area (Å²) in [7, 11) is 2.17. The Bertz CT molecular complexity index is 408. The maximum atomic E-state index is 6.12. The van der Waals surface area contributed by atoms with Crippen LogP contribution in [0.25, 0.3) is 0 Å². The summed E-state index contributed by atoms with van der Waals surface area (Å²) in [6, 6.07) is 0.537. The number of ether oxygens (including phenoxy) is 1. The highest BCUT2D eigenvalue weighted by Crippen LogP contribution is 2.21. The van der Waals surface area contributed by atoms with Crippen molar-refractivity contribution < 1.29 is 4.74 Å². The predicted molar refractivity (Wildman–Crippen MR) is 84.2 cm³/mol. The molecule has 1 fully saturated rings. The Morgan fingerprint density at radius 2 is 2.20 bits per heavy atom. The third-order valence-corrected chi connectivity index (χ3v) is 4.64. The van der Waals surface area contributed by atoms with Gasteiger partial charge < -0.3 is 10.1 Å². The van der Waals surface area contributed by atoms with Gasteiger partial charge in [-0.25, -0.2) is 4.98 Å². The number of aromatic nitrogens is 1. The van der Waals surface area contributed by atoms with Crippen LogP contribution in [0.4, 0.5) is 0 Å². The molecule has 5 heteroatoms. The molecule has 0 spiro atoms. The lowest BCUT2D eigenvalue weighted by Crippen LogP contribution is -2.34. The van der Waals surface area contributed by atoms with E-state index in [0.29, 0.717) is 18.2 Å². The molecule has 2 heterocycles. The van der Waals surface area contributed by atoms with Crippen LogP contribution >= 0.6 is 11.3 Å². The maximum Gasteiger partial charge on any atom is 0.0798 e. The molecule has 2 atom stereocenters. The highest BCUT2D eigenvalue weighted by atomic mass is 32.1. The molecule has 20 heavy (non-hydrogen) atoms. The van der Waals surface area contributed by atoms with Gasteiger partial charge >= 0.3 is 0 Å². The molecular weight excluding hydrogens is 270 g/mol. The number of hydrogen-bond donors (Lipinski definition) is 1. The molecule has 2 unspecified atom stereocenters. The minimum atomic E-state index is 0.382. The van der Waals surface area contributed by atoms with Gasteiger partial charge in [-0.05, 0) is 26.8 Å². The van der Waals surface area contributed by atoms with Crippen LogP contribution in [0.3, 0.4) is 0 Å². The Morgan fingerprint density at radius 3 is 2.85 bits per heavy atom. The van der Waals surface area contributed by atoms with Gasteiger partial charge in [-0.15, -0.1) is 11.3 Å². The van der Waals surface area contributed by atoms with E-state index in [4.69, 9.17) is 4.74 Å². The molecule has 1 aliphatic heterocycles. The topological polar surface area (TPSA) is 37.4 Å². The molecule has 0 aliphatic carbocycles. The molecule has 1 saturated heterocycles. The smallest absolute Gasteiger partial charge is 0.0798 e. The van der Waals surface area contributed by atoms with Gasteiger partial charge in [-0.3, -0.25) is 4.90 Å². The van der Waals surface area contributed by atoms with Crippen LogP contribution < -0.4 is 5.32 Å². The predicted octanol–water partition coefficient (Wildman–Crippen LogP) is 2.43. The van der Waals surface area contributed by atoms with Crippen molar-refractivity contribution in [2.24, 2.45) is 0 Å². The zero-order valence-electron chi connectivity index (χ0n) is 13.1. The molecule has 0 amide bonds. The Labute approximate surface area is 126 Å². The fraction of sp³-hybridized carbons (Fsp3) is 0.800. The molecule has 1 aliphatic rings. The van der Waals surface area contributed by atoms with Gasteiger partial charge in [0.2, 0.25) is 0 Å². The summed E-state index contributed by atoms with van der Waals surface area (Å²) in [5, 5.41) is 3.46. The van der Waals surface area contributed by atoms with Gasteiger partial charge in [0.05, 0.1) is 23.4 Å². The van der Waals surface area contributed by atoms with Gasteiger partial charge in [0.25, 0.3) is 0 Å². The number of hydrogen-bond acceptors (Lipinski definition) is 5. The third-order valence-electron chi connectivity index (χ3n) is 3.72. The lowest BCUT2D eigenvalue weighted by atomic mass is 10.2. The molecule has 114 valence electrons. The Balaban J connectivity index is 1.70. The number of rotatable bonds is 7. The average Bonchev–Trinajstić information content (AvgIpc) is 2.97. The fourth-order valence-electron chi connectivity index (χ4n) is 2.57. The SMILES string of the molecule is Cc1ncsc1CN(C)CC1CCC(CNC(C)C)O1. The first-order valence-electron chi connectivity index (χ1n) is 7.51. The highest BCUT2D eigenvalue weighted by molar-refractivity contribution is 7.09. The van der Waals surface area contributed by atoms with Crippen LogP contribution in [-0.4, -0.2) is 48.3 Å². The van der Waals surface area contributed by atoms with Crippen molar-refractivity contribution in [1.29, 1.82) is 0 Å². The number of thiazole rings is 1. The second kappa shape index (κ2) is 7.50. The van der Waals surface area contributed by atoms with E-state index in [1.54, 1.807) is 11.3 Å². The molecule has 2 rings (SSSR count). The van der Waals surface area contributed by atoms with Gasteiger partial charge in [0.15, 0.2) is 0 Å². The standard InChI is InChI=1S/C15H27N3OS/c1-11(2)16-7-13-5-6-14(19-13)8-18(4)9-15-12(3)17-10-20-15/h10-11,13-14,16H,5-9H2,1-4H3. The monoisotopic (exact) mass is 297 g/mol. The van der Waals surface area contributed by atoms with Crippen molar-refractivity contribution in [2.45, 2.75) is 58.4 Å². The number of likely N-dealkylation sites (N-methyl/N-ethyl adjacent to an activating group) is 1. The highest BCUT2D eigenvalue weighted by Gasteiger charge is 2.26. The first-order valence-corrected chi connectivity index (χ1v) is 8.39. The van der Waals surface area contributed by atoms with Crippen LogP contribution in [0, 0.1) is 6.92 Å². The molecule has 1 aromatic heterocycles. The van der Waals surface area contributed by atoms with Crippen molar-refractivity contribution >= 4 is 11.3 Å². The summed E-state index contributed by atoms with van der Waals surface area (Å²) in [6.07, 6.45) is 3.13. The Hall–Kier alpha value is -0.490. The van der Waals surface area contributed by atoms with Gasteiger partial charge in [-0.1, -0.05) is 13.8 Å². The van der Waals surface area contributed by atoms with Crippen molar-refractivity contribution in [3.8, 4) is 0 Å². The van der Waals surface area contributed by atoms with E-state index in [9.17, 15) is 0 Å². The maximum absolute atomic E-state index is 6.12.